The van der Waals surface area contributed by atoms with Crippen LogP contribution in [0.5, 0.6) is 5.75 Å². The Morgan fingerprint density at radius 1 is 1.08 bits per heavy atom. The van der Waals surface area contributed by atoms with E-state index in [0.29, 0.717) is 5.56 Å². The number of hydrazone groups is 1. The summed E-state index contributed by atoms with van der Waals surface area (Å²) >= 11 is 0. The predicted molar refractivity (Wildman–Crippen MR) is 92.1 cm³/mol. The Balaban J connectivity index is 1.69. The normalized spacial score (nSPS) is 10.4. The first kappa shape index (κ1) is 17.2. The number of benzene rings is 2. The number of carbonyl (C=O) groups excluding carboxylic acids is 2. The van der Waals surface area contributed by atoms with Crippen LogP contribution in [0.3, 0.4) is 0 Å². The van der Waals surface area contributed by atoms with Crippen LogP contribution in [0.15, 0.2) is 59.7 Å². The molecule has 2 aromatic rings. The summed E-state index contributed by atoms with van der Waals surface area (Å²) in [7, 11) is 1.60. The molecule has 0 aliphatic heterocycles. The lowest BCUT2D eigenvalue weighted by atomic mass is 10.2. The smallest absolute Gasteiger partial charge is 0.251 e. The number of hydrogen-bond acceptors (Lipinski definition) is 4. The molecule has 2 aromatic carbocycles. The average Bonchev–Trinajstić information content (AvgIpc) is 2.63. The van der Waals surface area contributed by atoms with Crippen molar-refractivity contribution in [1.82, 2.24) is 10.7 Å². The van der Waals surface area contributed by atoms with Gasteiger partial charge in [-0.05, 0) is 42.0 Å². The van der Waals surface area contributed by atoms with Gasteiger partial charge in [0.05, 0.1) is 13.3 Å². The Kier molecular flexibility index (Phi) is 6.52. The quantitative estimate of drug-likeness (QED) is 0.603. The molecule has 0 radical (unpaired) electrons. The van der Waals surface area contributed by atoms with Gasteiger partial charge in [-0.2, -0.15) is 5.10 Å². The van der Waals surface area contributed by atoms with Crippen molar-refractivity contribution in [2.45, 2.75) is 6.42 Å². The Bertz CT molecular complexity index is 697. The first-order valence-corrected chi connectivity index (χ1v) is 7.48. The Labute approximate surface area is 140 Å². The summed E-state index contributed by atoms with van der Waals surface area (Å²) in [6.45, 7) is 0.248. The van der Waals surface area contributed by atoms with Crippen LogP contribution in [0.2, 0.25) is 0 Å². The SMILES string of the molecule is COc1ccc(/C=N\NC(=O)CCNC(=O)c2ccccc2)cc1. The molecule has 0 heterocycles. The van der Waals surface area contributed by atoms with E-state index in [4.69, 9.17) is 4.74 Å². The van der Waals surface area contributed by atoms with E-state index < -0.39 is 0 Å². The van der Waals surface area contributed by atoms with Gasteiger partial charge in [-0.15, -0.1) is 0 Å². The summed E-state index contributed by atoms with van der Waals surface area (Å²) in [5, 5.41) is 6.56. The molecule has 0 bridgehead atoms. The van der Waals surface area contributed by atoms with E-state index in [9.17, 15) is 9.59 Å². The lowest BCUT2D eigenvalue weighted by Gasteiger charge is -2.04. The van der Waals surface area contributed by atoms with Crippen LogP contribution in [-0.4, -0.2) is 31.7 Å². The van der Waals surface area contributed by atoms with Gasteiger partial charge < -0.3 is 10.1 Å². The maximum Gasteiger partial charge on any atom is 0.251 e. The standard InChI is InChI=1S/C18H19N3O3/c1-24-16-9-7-14(8-10-16)13-20-21-17(22)11-12-19-18(23)15-5-3-2-4-6-15/h2-10,13H,11-12H2,1H3,(H,19,23)(H,21,22)/b20-13-. The number of nitrogens with one attached hydrogen (secondary N) is 2. The van der Waals surface area contributed by atoms with Gasteiger partial charge in [0.1, 0.15) is 5.75 Å². The minimum Gasteiger partial charge on any atom is -0.497 e. The highest BCUT2D eigenvalue weighted by Gasteiger charge is 2.05. The molecule has 2 N–H and O–H groups in total. The van der Waals surface area contributed by atoms with Crippen molar-refractivity contribution in [2.75, 3.05) is 13.7 Å². The van der Waals surface area contributed by atoms with Gasteiger partial charge in [-0.1, -0.05) is 18.2 Å². The van der Waals surface area contributed by atoms with E-state index in [1.165, 1.54) is 0 Å². The van der Waals surface area contributed by atoms with Crippen molar-refractivity contribution >= 4 is 18.0 Å². The van der Waals surface area contributed by atoms with Gasteiger partial charge >= 0.3 is 0 Å². The summed E-state index contributed by atoms with van der Waals surface area (Å²) in [4.78, 5) is 23.5. The van der Waals surface area contributed by atoms with E-state index in [-0.39, 0.29) is 24.8 Å². The second-order valence-corrected chi connectivity index (χ2v) is 4.94. The Hall–Kier alpha value is -3.15. The molecular weight excluding hydrogens is 306 g/mol. The monoisotopic (exact) mass is 325 g/mol. The molecule has 0 unspecified atom stereocenters. The third-order valence-corrected chi connectivity index (χ3v) is 3.19. The lowest BCUT2D eigenvalue weighted by molar-refractivity contribution is -0.120. The van der Waals surface area contributed by atoms with Crippen molar-refractivity contribution in [1.29, 1.82) is 0 Å². The highest BCUT2D eigenvalue weighted by atomic mass is 16.5. The van der Waals surface area contributed by atoms with Crippen LogP contribution >= 0.6 is 0 Å². The van der Waals surface area contributed by atoms with E-state index >= 15 is 0 Å². The van der Waals surface area contributed by atoms with Gasteiger partial charge in [0.25, 0.3) is 5.91 Å². The molecule has 6 nitrogen and oxygen atoms in total. The third-order valence-electron chi connectivity index (χ3n) is 3.19. The molecule has 0 saturated heterocycles. The summed E-state index contributed by atoms with van der Waals surface area (Å²) in [6.07, 6.45) is 1.69. The van der Waals surface area contributed by atoms with Crippen molar-refractivity contribution in [3.05, 3.63) is 65.7 Å². The summed E-state index contributed by atoms with van der Waals surface area (Å²) < 4.78 is 5.06. The maximum absolute atomic E-state index is 11.8. The molecule has 24 heavy (non-hydrogen) atoms. The molecule has 0 fully saturated rings. The minimum absolute atomic E-state index is 0.151. The van der Waals surface area contributed by atoms with Gasteiger partial charge in [-0.3, -0.25) is 9.59 Å². The van der Waals surface area contributed by atoms with Crippen LogP contribution < -0.4 is 15.5 Å². The van der Waals surface area contributed by atoms with Crippen molar-refractivity contribution < 1.29 is 14.3 Å². The van der Waals surface area contributed by atoms with E-state index in [0.717, 1.165) is 11.3 Å². The van der Waals surface area contributed by atoms with Crippen LogP contribution in [0.4, 0.5) is 0 Å². The Morgan fingerprint density at radius 3 is 2.46 bits per heavy atom. The van der Waals surface area contributed by atoms with Crippen LogP contribution in [0.1, 0.15) is 22.3 Å². The molecule has 0 atom stereocenters. The fraction of sp³-hybridized carbons (Fsp3) is 0.167. The number of carbonyl (C=O) groups is 2. The van der Waals surface area contributed by atoms with E-state index in [1.807, 2.05) is 30.3 Å². The summed E-state index contributed by atoms with van der Waals surface area (Å²) in [5.41, 5.74) is 3.83. The fourth-order valence-corrected chi connectivity index (χ4v) is 1.91. The second kappa shape index (κ2) is 9.09. The zero-order chi connectivity index (χ0) is 17.2. The molecular formula is C18H19N3O3. The van der Waals surface area contributed by atoms with E-state index in [1.54, 1.807) is 37.6 Å². The number of ether oxygens (including phenoxy) is 1. The van der Waals surface area contributed by atoms with Gasteiger partial charge in [0, 0.05) is 18.5 Å². The molecule has 124 valence electrons. The lowest BCUT2D eigenvalue weighted by Crippen LogP contribution is -2.28. The number of hydrogen-bond donors (Lipinski definition) is 2. The van der Waals surface area contributed by atoms with Crippen LogP contribution in [-0.2, 0) is 4.79 Å². The number of methoxy groups -OCH3 is 1. The zero-order valence-electron chi connectivity index (χ0n) is 13.4. The molecule has 0 aromatic heterocycles. The highest BCUT2D eigenvalue weighted by Crippen LogP contribution is 2.09. The summed E-state index contributed by atoms with van der Waals surface area (Å²) in [6, 6.07) is 16.1. The molecule has 0 saturated carbocycles. The Morgan fingerprint density at radius 2 is 1.79 bits per heavy atom. The third kappa shape index (κ3) is 5.57. The minimum atomic E-state index is -0.270. The first-order chi connectivity index (χ1) is 11.7. The molecule has 2 rings (SSSR count). The fourth-order valence-electron chi connectivity index (χ4n) is 1.91. The number of amides is 2. The second-order valence-electron chi connectivity index (χ2n) is 4.94. The van der Waals surface area contributed by atoms with Gasteiger partial charge in [-0.25, -0.2) is 5.43 Å². The van der Waals surface area contributed by atoms with Crippen molar-refractivity contribution in [3.63, 3.8) is 0 Å². The highest BCUT2D eigenvalue weighted by molar-refractivity contribution is 5.94. The van der Waals surface area contributed by atoms with Gasteiger partial charge in [0.2, 0.25) is 5.91 Å². The van der Waals surface area contributed by atoms with Crippen LogP contribution in [0.25, 0.3) is 0 Å². The molecule has 2 amide bonds. The summed E-state index contributed by atoms with van der Waals surface area (Å²) in [5.74, 6) is 0.281. The average molecular weight is 325 g/mol. The molecule has 0 aliphatic carbocycles. The number of nitrogens with zero attached hydrogens (tertiary/aromatic N) is 1. The van der Waals surface area contributed by atoms with E-state index in [2.05, 4.69) is 15.8 Å². The number of rotatable bonds is 7. The molecule has 6 heteroatoms. The maximum atomic E-state index is 11.8. The first-order valence-electron chi connectivity index (χ1n) is 7.48. The van der Waals surface area contributed by atoms with Crippen LogP contribution in [0, 0.1) is 0 Å². The zero-order valence-corrected chi connectivity index (χ0v) is 13.4. The molecule has 0 aliphatic rings. The van der Waals surface area contributed by atoms with Gasteiger partial charge in [0.15, 0.2) is 0 Å². The molecule has 0 spiro atoms. The predicted octanol–water partition coefficient (Wildman–Crippen LogP) is 1.97. The topological polar surface area (TPSA) is 79.8 Å². The van der Waals surface area contributed by atoms with Crippen molar-refractivity contribution in [2.24, 2.45) is 5.10 Å². The van der Waals surface area contributed by atoms with Crippen molar-refractivity contribution in [3.8, 4) is 5.75 Å². The largest absolute Gasteiger partial charge is 0.497 e.